The van der Waals surface area contributed by atoms with E-state index in [0.29, 0.717) is 28.8 Å². The highest BCUT2D eigenvalue weighted by molar-refractivity contribution is 6.32. The van der Waals surface area contributed by atoms with Crippen molar-refractivity contribution in [2.45, 2.75) is 20.3 Å². The molecule has 0 heterocycles. The van der Waals surface area contributed by atoms with Crippen molar-refractivity contribution >= 4 is 23.2 Å². The van der Waals surface area contributed by atoms with Crippen LogP contribution < -0.4 is 14.8 Å². The Morgan fingerprint density at radius 1 is 1.13 bits per heavy atom. The molecule has 0 bridgehead atoms. The van der Waals surface area contributed by atoms with Crippen molar-refractivity contribution in [3.05, 3.63) is 53.1 Å². The number of carbonyl (C=O) groups excluding carboxylic acids is 1. The zero-order chi connectivity index (χ0) is 16.7. The first-order valence-electron chi connectivity index (χ1n) is 7.50. The molecular formula is C18H20ClNO3. The average Bonchev–Trinajstić information content (AvgIpc) is 2.55. The zero-order valence-corrected chi connectivity index (χ0v) is 14.0. The Balaban J connectivity index is 1.96. The molecular weight excluding hydrogens is 314 g/mol. The van der Waals surface area contributed by atoms with E-state index in [1.165, 1.54) is 0 Å². The monoisotopic (exact) mass is 333 g/mol. The smallest absolute Gasteiger partial charge is 0.262 e. The number of carbonyl (C=O) groups is 1. The van der Waals surface area contributed by atoms with Crippen molar-refractivity contribution in [3.8, 4) is 11.5 Å². The highest BCUT2D eigenvalue weighted by Crippen LogP contribution is 2.26. The van der Waals surface area contributed by atoms with Crippen molar-refractivity contribution in [1.82, 2.24) is 0 Å². The third kappa shape index (κ3) is 5.18. The molecule has 0 saturated heterocycles. The van der Waals surface area contributed by atoms with Gasteiger partial charge >= 0.3 is 0 Å². The summed E-state index contributed by atoms with van der Waals surface area (Å²) in [7, 11) is 0. The van der Waals surface area contributed by atoms with Crippen LogP contribution in [0.4, 0.5) is 5.69 Å². The van der Waals surface area contributed by atoms with Crippen molar-refractivity contribution < 1.29 is 14.3 Å². The predicted molar refractivity (Wildman–Crippen MR) is 92.5 cm³/mol. The maximum atomic E-state index is 12.1. The molecule has 122 valence electrons. The number of anilines is 1. The topological polar surface area (TPSA) is 47.6 Å². The van der Waals surface area contributed by atoms with E-state index in [4.69, 9.17) is 21.1 Å². The molecule has 0 aromatic heterocycles. The lowest BCUT2D eigenvalue weighted by atomic mass is 10.2. The van der Waals surface area contributed by atoms with E-state index in [1.807, 2.05) is 38.1 Å². The van der Waals surface area contributed by atoms with Crippen LogP contribution in [0.3, 0.4) is 0 Å². The van der Waals surface area contributed by atoms with Crippen LogP contribution in [0.15, 0.2) is 42.5 Å². The number of nitrogens with one attached hydrogen (secondary N) is 1. The van der Waals surface area contributed by atoms with E-state index < -0.39 is 0 Å². The van der Waals surface area contributed by atoms with Crippen LogP contribution in [0, 0.1) is 6.92 Å². The van der Waals surface area contributed by atoms with Crippen LogP contribution in [-0.2, 0) is 4.79 Å². The number of para-hydroxylation sites is 2. The van der Waals surface area contributed by atoms with E-state index in [1.54, 1.807) is 18.2 Å². The lowest BCUT2D eigenvalue weighted by molar-refractivity contribution is -0.118. The van der Waals surface area contributed by atoms with Gasteiger partial charge in [0.1, 0.15) is 11.5 Å². The number of hydrogen-bond donors (Lipinski definition) is 1. The Kier molecular flexibility index (Phi) is 6.29. The van der Waals surface area contributed by atoms with Gasteiger partial charge in [0.15, 0.2) is 6.61 Å². The van der Waals surface area contributed by atoms with Gasteiger partial charge in [-0.25, -0.2) is 0 Å². The molecule has 0 unspecified atom stereocenters. The molecule has 0 saturated carbocycles. The molecule has 0 fully saturated rings. The summed E-state index contributed by atoms with van der Waals surface area (Å²) in [5.41, 5.74) is 1.65. The van der Waals surface area contributed by atoms with Crippen molar-refractivity contribution in [2.75, 3.05) is 18.5 Å². The Hall–Kier alpha value is -2.20. The van der Waals surface area contributed by atoms with Crippen LogP contribution in [0.1, 0.15) is 18.9 Å². The molecule has 0 atom stereocenters. The van der Waals surface area contributed by atoms with Crippen molar-refractivity contribution in [3.63, 3.8) is 0 Å². The van der Waals surface area contributed by atoms with Gasteiger partial charge < -0.3 is 14.8 Å². The van der Waals surface area contributed by atoms with Gasteiger partial charge in [-0.3, -0.25) is 4.79 Å². The number of rotatable bonds is 7. The standard InChI is InChI=1S/C18H20ClNO3/c1-3-10-22-16-7-5-4-6-15(16)20-18(21)12-23-17-11-13(2)8-9-14(17)19/h4-9,11H,3,10,12H2,1-2H3,(H,20,21). The minimum absolute atomic E-state index is 0.120. The molecule has 2 aromatic carbocycles. The molecule has 1 N–H and O–H groups in total. The predicted octanol–water partition coefficient (Wildman–Crippen LogP) is 4.45. The fourth-order valence-electron chi connectivity index (χ4n) is 1.96. The highest BCUT2D eigenvalue weighted by atomic mass is 35.5. The first-order valence-corrected chi connectivity index (χ1v) is 7.88. The SMILES string of the molecule is CCCOc1ccccc1NC(=O)COc1cc(C)ccc1Cl. The number of benzene rings is 2. The minimum Gasteiger partial charge on any atom is -0.491 e. The molecule has 0 aliphatic carbocycles. The lowest BCUT2D eigenvalue weighted by Crippen LogP contribution is -2.20. The summed E-state index contributed by atoms with van der Waals surface area (Å²) in [6.45, 7) is 4.44. The minimum atomic E-state index is -0.268. The first-order chi connectivity index (χ1) is 11.1. The number of amides is 1. The van der Waals surface area contributed by atoms with Crippen LogP contribution >= 0.6 is 11.6 Å². The summed E-state index contributed by atoms with van der Waals surface area (Å²) >= 11 is 6.05. The first kappa shape index (κ1) is 17.2. The summed E-state index contributed by atoms with van der Waals surface area (Å²) in [6.07, 6.45) is 0.900. The van der Waals surface area contributed by atoms with Crippen molar-refractivity contribution in [2.24, 2.45) is 0 Å². The number of ether oxygens (including phenoxy) is 2. The highest BCUT2D eigenvalue weighted by Gasteiger charge is 2.09. The largest absolute Gasteiger partial charge is 0.491 e. The molecule has 1 amide bonds. The van der Waals surface area contributed by atoms with Gasteiger partial charge in [-0.05, 0) is 43.2 Å². The van der Waals surface area contributed by atoms with E-state index in [9.17, 15) is 4.79 Å². The van der Waals surface area contributed by atoms with E-state index in [2.05, 4.69) is 5.32 Å². The summed E-state index contributed by atoms with van der Waals surface area (Å²) in [6, 6.07) is 12.8. The normalized spacial score (nSPS) is 10.2. The summed E-state index contributed by atoms with van der Waals surface area (Å²) in [5.74, 6) is 0.878. The molecule has 2 aromatic rings. The van der Waals surface area contributed by atoms with Crippen LogP contribution in [0.5, 0.6) is 11.5 Å². The fraction of sp³-hybridized carbons (Fsp3) is 0.278. The summed E-state index contributed by atoms with van der Waals surface area (Å²) < 4.78 is 11.1. The molecule has 0 aliphatic rings. The molecule has 23 heavy (non-hydrogen) atoms. The Morgan fingerprint density at radius 2 is 1.91 bits per heavy atom. The Labute approximate surface area is 141 Å². The maximum absolute atomic E-state index is 12.1. The van der Waals surface area contributed by atoms with E-state index in [0.717, 1.165) is 12.0 Å². The number of aryl methyl sites for hydroxylation is 1. The molecule has 0 radical (unpaired) electrons. The van der Waals surface area contributed by atoms with Crippen LogP contribution in [-0.4, -0.2) is 19.1 Å². The lowest BCUT2D eigenvalue weighted by Gasteiger charge is -2.13. The van der Waals surface area contributed by atoms with Crippen molar-refractivity contribution in [1.29, 1.82) is 0 Å². The van der Waals surface area contributed by atoms with E-state index >= 15 is 0 Å². The van der Waals surface area contributed by atoms with Crippen LogP contribution in [0.25, 0.3) is 0 Å². The van der Waals surface area contributed by atoms with Gasteiger partial charge in [-0.1, -0.05) is 36.7 Å². The molecule has 4 nitrogen and oxygen atoms in total. The van der Waals surface area contributed by atoms with Crippen LogP contribution in [0.2, 0.25) is 5.02 Å². The number of halogens is 1. The second-order valence-electron chi connectivity index (χ2n) is 5.12. The Bertz CT molecular complexity index is 673. The quantitative estimate of drug-likeness (QED) is 0.814. The molecule has 0 spiro atoms. The Morgan fingerprint density at radius 3 is 2.70 bits per heavy atom. The maximum Gasteiger partial charge on any atom is 0.262 e. The third-order valence-electron chi connectivity index (χ3n) is 3.07. The van der Waals surface area contributed by atoms with Gasteiger partial charge in [0.05, 0.1) is 17.3 Å². The third-order valence-corrected chi connectivity index (χ3v) is 3.38. The summed E-state index contributed by atoms with van der Waals surface area (Å²) in [5, 5.41) is 3.27. The van der Waals surface area contributed by atoms with Gasteiger partial charge in [-0.2, -0.15) is 0 Å². The molecule has 5 heteroatoms. The van der Waals surface area contributed by atoms with Gasteiger partial charge in [0.25, 0.3) is 5.91 Å². The fourth-order valence-corrected chi connectivity index (χ4v) is 2.13. The summed E-state index contributed by atoms with van der Waals surface area (Å²) in [4.78, 5) is 12.1. The molecule has 2 rings (SSSR count). The second kappa shape index (κ2) is 8.44. The number of hydrogen-bond acceptors (Lipinski definition) is 3. The van der Waals surface area contributed by atoms with Gasteiger partial charge in [0, 0.05) is 0 Å². The molecule has 0 aliphatic heterocycles. The van der Waals surface area contributed by atoms with Gasteiger partial charge in [-0.15, -0.1) is 0 Å². The second-order valence-corrected chi connectivity index (χ2v) is 5.52. The van der Waals surface area contributed by atoms with Gasteiger partial charge in [0.2, 0.25) is 0 Å². The van der Waals surface area contributed by atoms with E-state index in [-0.39, 0.29) is 12.5 Å². The zero-order valence-electron chi connectivity index (χ0n) is 13.3. The average molecular weight is 334 g/mol.